The van der Waals surface area contributed by atoms with Crippen molar-refractivity contribution < 1.29 is 9.53 Å². The van der Waals surface area contributed by atoms with Crippen LogP contribution in [0.1, 0.15) is 10.4 Å². The molecule has 0 radical (unpaired) electrons. The number of piperazine rings is 1. The van der Waals surface area contributed by atoms with Crippen molar-refractivity contribution in [3.8, 4) is 5.75 Å². The molecular weight excluding hydrogens is 349 g/mol. The maximum Gasteiger partial charge on any atom is 0.251 e. The minimum atomic E-state index is -0.0660. The molecule has 1 aliphatic rings. The van der Waals surface area contributed by atoms with E-state index in [0.717, 1.165) is 37.7 Å². The monoisotopic (exact) mass is 372 g/mol. The molecule has 5 nitrogen and oxygen atoms in total. The van der Waals surface area contributed by atoms with Crippen LogP contribution in [0, 0.1) is 0 Å². The molecule has 1 aliphatic heterocycles. The summed E-state index contributed by atoms with van der Waals surface area (Å²) < 4.78 is 5.16. The van der Waals surface area contributed by atoms with Crippen LogP contribution in [0.5, 0.6) is 5.75 Å². The smallest absolute Gasteiger partial charge is 0.251 e. The highest BCUT2D eigenvalue weighted by molar-refractivity contribution is 6.30. The van der Waals surface area contributed by atoms with Gasteiger partial charge in [-0.15, -0.1) is 0 Å². The average Bonchev–Trinajstić information content (AvgIpc) is 2.69. The van der Waals surface area contributed by atoms with Gasteiger partial charge in [-0.3, -0.25) is 9.69 Å². The van der Waals surface area contributed by atoms with E-state index >= 15 is 0 Å². The molecule has 0 aliphatic carbocycles. The number of ether oxygens (including phenoxy) is 1. The quantitative estimate of drug-likeness (QED) is 0.846. The van der Waals surface area contributed by atoms with Crippen LogP contribution in [0.4, 0.5) is 5.69 Å². The number of methoxy groups -OCH3 is 1. The Kier molecular flexibility index (Phi) is 6.36. The first kappa shape index (κ1) is 18.5. The number of nitrogens with one attached hydrogen (secondary N) is 1. The average molecular weight is 373 g/mol. The summed E-state index contributed by atoms with van der Waals surface area (Å²) in [6.45, 7) is 5.41. The minimum Gasteiger partial charge on any atom is -0.497 e. The first-order valence-electron chi connectivity index (χ1n) is 8.81. The number of carbonyl (C=O) groups excluding carboxylic acids is 1. The van der Waals surface area contributed by atoms with Crippen molar-refractivity contribution in [2.45, 2.75) is 0 Å². The zero-order chi connectivity index (χ0) is 18.4. The van der Waals surface area contributed by atoms with E-state index in [2.05, 4.69) is 27.2 Å². The lowest BCUT2D eigenvalue weighted by atomic mass is 10.2. The van der Waals surface area contributed by atoms with Crippen LogP contribution in [-0.4, -0.2) is 57.2 Å². The van der Waals surface area contributed by atoms with Crippen LogP contribution >= 0.6 is 11.6 Å². The maximum atomic E-state index is 12.2. The molecule has 1 amide bonds. The summed E-state index contributed by atoms with van der Waals surface area (Å²) in [5.41, 5.74) is 1.83. The molecule has 1 fully saturated rings. The van der Waals surface area contributed by atoms with Gasteiger partial charge < -0.3 is 15.0 Å². The SMILES string of the molecule is [11CH3]Oc1cccc(C(=O)NCCN2CCN(c3ccc(Cl)cc3)CC2)c1. The lowest BCUT2D eigenvalue weighted by molar-refractivity contribution is 0.0947. The normalized spacial score (nSPS) is 14.9. The van der Waals surface area contributed by atoms with Crippen molar-refractivity contribution in [3.63, 3.8) is 0 Å². The largest absolute Gasteiger partial charge is 0.497 e. The standard InChI is InChI=1S/C20H24ClN3O2/c1-26-19-4-2-3-16(15-19)20(25)22-9-10-23-11-13-24(14-12-23)18-7-5-17(21)6-8-18/h2-8,15H,9-14H2,1H3,(H,22,25)/i1-1. The number of amides is 1. The molecule has 1 N–H and O–H groups in total. The fraction of sp³-hybridized carbons (Fsp3) is 0.350. The molecular formula is C20H24ClN3O2. The Labute approximate surface area is 159 Å². The van der Waals surface area contributed by atoms with Crippen molar-refractivity contribution in [2.75, 3.05) is 51.3 Å². The Balaban J connectivity index is 1.41. The zero-order valence-electron chi connectivity index (χ0n) is 15.0. The molecule has 2 aromatic rings. The lowest BCUT2D eigenvalue weighted by Gasteiger charge is -2.36. The molecule has 26 heavy (non-hydrogen) atoms. The first-order valence-corrected chi connectivity index (χ1v) is 9.18. The number of hydrogen-bond acceptors (Lipinski definition) is 4. The van der Waals surface area contributed by atoms with Gasteiger partial charge >= 0.3 is 0 Å². The van der Waals surface area contributed by atoms with Gasteiger partial charge in [-0.05, 0) is 42.5 Å². The van der Waals surface area contributed by atoms with Crippen molar-refractivity contribution in [1.82, 2.24) is 10.2 Å². The summed E-state index contributed by atoms with van der Waals surface area (Å²) in [6, 6.07) is 15.2. The number of rotatable bonds is 6. The maximum absolute atomic E-state index is 12.2. The minimum absolute atomic E-state index is 0.0660. The molecule has 3 rings (SSSR count). The Morgan fingerprint density at radius 2 is 1.85 bits per heavy atom. The summed E-state index contributed by atoms with van der Waals surface area (Å²) in [5.74, 6) is 0.625. The van der Waals surface area contributed by atoms with Gasteiger partial charge in [0, 0.05) is 55.5 Å². The van der Waals surface area contributed by atoms with E-state index in [1.807, 2.05) is 24.3 Å². The van der Waals surface area contributed by atoms with Crippen LogP contribution in [0.25, 0.3) is 0 Å². The third kappa shape index (κ3) is 4.90. The highest BCUT2D eigenvalue weighted by Gasteiger charge is 2.17. The summed E-state index contributed by atoms with van der Waals surface area (Å²) in [5, 5.41) is 3.75. The molecule has 0 aromatic heterocycles. The number of benzene rings is 2. The van der Waals surface area contributed by atoms with Gasteiger partial charge in [0.1, 0.15) is 5.75 Å². The number of anilines is 1. The molecule has 2 aromatic carbocycles. The highest BCUT2D eigenvalue weighted by atomic mass is 35.5. The number of hydrogen-bond donors (Lipinski definition) is 1. The van der Waals surface area contributed by atoms with Crippen LogP contribution in [0.3, 0.4) is 0 Å². The third-order valence-electron chi connectivity index (χ3n) is 4.61. The molecule has 0 saturated carbocycles. The van der Waals surface area contributed by atoms with Gasteiger partial charge in [-0.25, -0.2) is 0 Å². The van der Waals surface area contributed by atoms with E-state index in [1.165, 1.54) is 5.69 Å². The van der Waals surface area contributed by atoms with E-state index in [4.69, 9.17) is 16.3 Å². The van der Waals surface area contributed by atoms with Crippen molar-refractivity contribution in [3.05, 3.63) is 59.1 Å². The highest BCUT2D eigenvalue weighted by Crippen LogP contribution is 2.19. The van der Waals surface area contributed by atoms with Crippen molar-refractivity contribution in [2.24, 2.45) is 0 Å². The summed E-state index contributed by atoms with van der Waals surface area (Å²) in [4.78, 5) is 17.0. The predicted octanol–water partition coefficient (Wildman–Crippen LogP) is 2.90. The summed E-state index contributed by atoms with van der Waals surface area (Å²) >= 11 is 5.95. The molecule has 0 atom stereocenters. The Morgan fingerprint density at radius 1 is 1.12 bits per heavy atom. The Bertz CT molecular complexity index is 728. The van der Waals surface area contributed by atoms with Crippen LogP contribution in [0.2, 0.25) is 5.02 Å². The van der Waals surface area contributed by atoms with E-state index in [9.17, 15) is 4.79 Å². The molecule has 6 heteroatoms. The predicted molar refractivity (Wildman–Crippen MR) is 105 cm³/mol. The lowest BCUT2D eigenvalue weighted by Crippen LogP contribution is -2.48. The van der Waals surface area contributed by atoms with E-state index in [-0.39, 0.29) is 5.91 Å². The zero-order valence-corrected chi connectivity index (χ0v) is 15.7. The van der Waals surface area contributed by atoms with E-state index < -0.39 is 0 Å². The van der Waals surface area contributed by atoms with Crippen molar-refractivity contribution in [1.29, 1.82) is 0 Å². The second-order valence-corrected chi connectivity index (χ2v) is 6.73. The second kappa shape index (κ2) is 8.92. The first-order chi connectivity index (χ1) is 12.7. The summed E-state index contributed by atoms with van der Waals surface area (Å²) in [7, 11) is 1.60. The Morgan fingerprint density at radius 3 is 2.54 bits per heavy atom. The topological polar surface area (TPSA) is 44.8 Å². The van der Waals surface area contributed by atoms with Crippen LogP contribution in [-0.2, 0) is 0 Å². The van der Waals surface area contributed by atoms with Crippen LogP contribution < -0.4 is 15.0 Å². The number of halogens is 1. The molecule has 138 valence electrons. The van der Waals surface area contributed by atoms with E-state index in [1.54, 1.807) is 19.2 Å². The Hall–Kier alpha value is -2.24. The fourth-order valence-corrected chi connectivity index (χ4v) is 3.20. The molecule has 0 spiro atoms. The number of carbonyl (C=O) groups is 1. The van der Waals surface area contributed by atoms with E-state index in [0.29, 0.717) is 17.9 Å². The fourth-order valence-electron chi connectivity index (χ4n) is 3.08. The molecule has 0 bridgehead atoms. The molecule has 1 heterocycles. The van der Waals surface area contributed by atoms with Gasteiger partial charge in [0.2, 0.25) is 0 Å². The van der Waals surface area contributed by atoms with Gasteiger partial charge in [0.05, 0.1) is 7.11 Å². The molecule has 1 saturated heterocycles. The van der Waals surface area contributed by atoms with Crippen molar-refractivity contribution >= 4 is 23.2 Å². The third-order valence-corrected chi connectivity index (χ3v) is 4.86. The van der Waals surface area contributed by atoms with Gasteiger partial charge in [0.15, 0.2) is 0 Å². The van der Waals surface area contributed by atoms with Gasteiger partial charge in [0.25, 0.3) is 5.91 Å². The number of nitrogens with zero attached hydrogens (tertiary/aromatic N) is 2. The van der Waals surface area contributed by atoms with Crippen LogP contribution in [0.15, 0.2) is 48.5 Å². The summed E-state index contributed by atoms with van der Waals surface area (Å²) in [6.07, 6.45) is 0. The second-order valence-electron chi connectivity index (χ2n) is 6.29. The molecule has 0 unspecified atom stereocenters. The van der Waals surface area contributed by atoms with Gasteiger partial charge in [-0.1, -0.05) is 17.7 Å². The van der Waals surface area contributed by atoms with Gasteiger partial charge in [-0.2, -0.15) is 0 Å².